The Morgan fingerprint density at radius 2 is 1.95 bits per heavy atom. The molecule has 8 heteroatoms. The Kier molecular flexibility index (Phi) is 6.11. The predicted molar refractivity (Wildman–Crippen MR) is 154 cm³/mol. The van der Waals surface area contributed by atoms with Crippen LogP contribution in [0.1, 0.15) is 46.4 Å². The number of ether oxygens (including phenoxy) is 1. The highest BCUT2D eigenvalue weighted by Crippen LogP contribution is 2.49. The van der Waals surface area contributed by atoms with Crippen molar-refractivity contribution in [2.75, 3.05) is 13.6 Å². The highest BCUT2D eigenvalue weighted by molar-refractivity contribution is 6.11. The third kappa shape index (κ3) is 4.52. The number of likely N-dealkylation sites (N-methyl/N-ethyl adjacent to an activating group) is 1. The molecule has 2 fully saturated rings. The summed E-state index contributed by atoms with van der Waals surface area (Å²) < 4.78 is 8.13. The van der Waals surface area contributed by atoms with Gasteiger partial charge in [0.25, 0.3) is 5.91 Å². The van der Waals surface area contributed by atoms with Gasteiger partial charge in [0, 0.05) is 41.5 Å². The molecule has 7 nitrogen and oxygen atoms in total. The number of carbonyl (C=O) groups is 1. The lowest BCUT2D eigenvalue weighted by molar-refractivity contribution is 0.0562. The number of amides is 1. The van der Waals surface area contributed by atoms with Crippen molar-refractivity contribution < 1.29 is 9.53 Å². The Hall–Kier alpha value is -3.49. The summed E-state index contributed by atoms with van der Waals surface area (Å²) in [6.45, 7) is 5.12. The minimum Gasteiger partial charge on any atom is -0.494 e. The van der Waals surface area contributed by atoms with Crippen molar-refractivity contribution >= 4 is 27.1 Å². The quantitative estimate of drug-likeness (QED) is 0.374. The number of pyridine rings is 1. The van der Waals surface area contributed by atoms with Crippen molar-refractivity contribution in [1.29, 1.82) is 0 Å². The summed E-state index contributed by atoms with van der Waals surface area (Å²) in [4.78, 5) is 20.9. The third-order valence-electron chi connectivity index (χ3n) is 8.26. The smallest absolute Gasteiger partial charge is 0.252 e. The standard InChI is InChI=1S/C30H35N5O2Si/c1-18-5-7-22(37-29(38)27-9-12-34(27)3)15-24(18)28(36)33-30(10-11-30)25-13-20(21-16-31-35(4)17-21)14-26-23(25)8-6-19(2)32-26/h5-8,13-17,27,29H,9-12H2,1-4,38H3,(H,33,36)/t27-,29-/m0/s1. The molecule has 0 radical (unpaired) electrons. The summed E-state index contributed by atoms with van der Waals surface area (Å²) in [6.07, 6.45) is 6.85. The van der Waals surface area contributed by atoms with Crippen molar-refractivity contribution in [3.8, 4) is 16.9 Å². The molecule has 2 aliphatic rings. The number of hydrogen-bond acceptors (Lipinski definition) is 5. The van der Waals surface area contributed by atoms with Crippen LogP contribution in [0.4, 0.5) is 0 Å². The first kappa shape index (κ1) is 24.8. The highest BCUT2D eigenvalue weighted by Gasteiger charge is 2.47. The lowest BCUT2D eigenvalue weighted by atomic mass is 9.94. The van der Waals surface area contributed by atoms with Crippen molar-refractivity contribution in [2.24, 2.45) is 7.05 Å². The molecule has 2 aromatic carbocycles. The number of aromatic nitrogens is 3. The molecule has 196 valence electrons. The SMILES string of the molecule is Cc1ccc2c(C3(NC(=O)c4cc(O[C@@H]([SiH3])[C@@H]5CCN5C)ccc4C)CC3)cc(-c3cnn(C)c3)cc2n1. The van der Waals surface area contributed by atoms with Crippen LogP contribution in [0.2, 0.25) is 0 Å². The second-order valence-electron chi connectivity index (χ2n) is 11.1. The Morgan fingerprint density at radius 1 is 1.13 bits per heavy atom. The van der Waals surface area contributed by atoms with Gasteiger partial charge in [-0.3, -0.25) is 14.5 Å². The topological polar surface area (TPSA) is 72.3 Å². The van der Waals surface area contributed by atoms with Gasteiger partial charge in [0.1, 0.15) is 5.75 Å². The zero-order chi connectivity index (χ0) is 26.6. The maximum absolute atomic E-state index is 13.7. The number of fused-ring (bicyclic) bond motifs is 1. The maximum atomic E-state index is 13.7. The highest BCUT2D eigenvalue weighted by atomic mass is 28.1. The van der Waals surface area contributed by atoms with Gasteiger partial charge in [-0.1, -0.05) is 12.1 Å². The Balaban J connectivity index is 1.32. The van der Waals surface area contributed by atoms with Gasteiger partial charge < -0.3 is 15.0 Å². The fourth-order valence-corrected chi connectivity index (χ4v) is 6.80. The summed E-state index contributed by atoms with van der Waals surface area (Å²) in [5.41, 5.74) is 6.54. The van der Waals surface area contributed by atoms with Gasteiger partial charge in [-0.15, -0.1) is 0 Å². The van der Waals surface area contributed by atoms with Crippen LogP contribution in [0.5, 0.6) is 5.75 Å². The van der Waals surface area contributed by atoms with E-state index >= 15 is 0 Å². The number of rotatable bonds is 7. The molecule has 1 saturated carbocycles. The summed E-state index contributed by atoms with van der Waals surface area (Å²) in [5, 5.41) is 8.87. The van der Waals surface area contributed by atoms with Crippen LogP contribution in [-0.2, 0) is 12.6 Å². The zero-order valence-electron chi connectivity index (χ0n) is 22.8. The van der Waals surface area contributed by atoms with Crippen molar-refractivity contribution in [2.45, 2.75) is 50.4 Å². The van der Waals surface area contributed by atoms with Gasteiger partial charge in [-0.2, -0.15) is 5.10 Å². The number of nitrogens with one attached hydrogen (secondary N) is 1. The number of nitrogens with zero attached hydrogens (tertiary/aromatic N) is 4. The van der Waals surface area contributed by atoms with Crippen LogP contribution in [-0.4, -0.2) is 61.2 Å². The fourth-order valence-electron chi connectivity index (χ4n) is 5.68. The average Bonchev–Trinajstić information content (AvgIpc) is 3.52. The molecule has 0 bridgehead atoms. The number of likely N-dealkylation sites (tertiary alicyclic amines) is 1. The van der Waals surface area contributed by atoms with E-state index in [2.05, 4.69) is 40.6 Å². The van der Waals surface area contributed by atoms with Gasteiger partial charge in [0.2, 0.25) is 0 Å². The van der Waals surface area contributed by atoms with E-state index in [1.54, 1.807) is 0 Å². The number of carbonyl (C=O) groups excluding carboxylic acids is 1. The Labute approximate surface area is 226 Å². The second-order valence-corrected chi connectivity index (χ2v) is 12.3. The number of benzene rings is 2. The molecule has 1 aliphatic heterocycles. The fraction of sp³-hybridized carbons (Fsp3) is 0.367. The molecule has 38 heavy (non-hydrogen) atoms. The maximum Gasteiger partial charge on any atom is 0.252 e. The molecular weight excluding hydrogens is 490 g/mol. The van der Waals surface area contributed by atoms with Crippen LogP contribution in [0.25, 0.3) is 22.0 Å². The molecule has 2 aromatic heterocycles. The summed E-state index contributed by atoms with van der Waals surface area (Å²) in [7, 11) is 5.01. The lowest BCUT2D eigenvalue weighted by Crippen LogP contribution is -2.53. The molecule has 0 spiro atoms. The lowest BCUT2D eigenvalue weighted by Gasteiger charge is -2.41. The number of aryl methyl sites for hydroxylation is 3. The summed E-state index contributed by atoms with van der Waals surface area (Å²) in [5.74, 6) is 0.714. The van der Waals surface area contributed by atoms with Gasteiger partial charge >= 0.3 is 0 Å². The van der Waals surface area contributed by atoms with Crippen LogP contribution in [0.3, 0.4) is 0 Å². The molecule has 0 unspecified atom stereocenters. The van der Waals surface area contributed by atoms with E-state index in [1.807, 2.05) is 62.2 Å². The number of hydrogen-bond donors (Lipinski definition) is 1. The van der Waals surface area contributed by atoms with Gasteiger partial charge in [-0.25, -0.2) is 0 Å². The largest absolute Gasteiger partial charge is 0.494 e. The van der Waals surface area contributed by atoms with Crippen molar-refractivity contribution in [1.82, 2.24) is 25.0 Å². The first-order valence-electron chi connectivity index (χ1n) is 13.4. The minimum absolute atomic E-state index is 0.0592. The Bertz CT molecular complexity index is 1540. The third-order valence-corrected chi connectivity index (χ3v) is 9.27. The van der Waals surface area contributed by atoms with E-state index in [-0.39, 0.29) is 11.6 Å². The molecule has 4 aromatic rings. The predicted octanol–water partition coefficient (Wildman–Crippen LogP) is 3.45. The van der Waals surface area contributed by atoms with E-state index in [0.29, 0.717) is 11.6 Å². The van der Waals surface area contributed by atoms with E-state index in [4.69, 9.17) is 9.72 Å². The normalized spacial score (nSPS) is 19.2. The van der Waals surface area contributed by atoms with E-state index in [9.17, 15) is 4.79 Å². The average molecular weight is 526 g/mol. The molecule has 1 aliphatic carbocycles. The second kappa shape index (κ2) is 9.36. The summed E-state index contributed by atoms with van der Waals surface area (Å²) >= 11 is 0. The zero-order valence-corrected chi connectivity index (χ0v) is 24.8. The van der Waals surface area contributed by atoms with Crippen molar-refractivity contribution in [3.63, 3.8) is 0 Å². The van der Waals surface area contributed by atoms with Crippen LogP contribution in [0, 0.1) is 13.8 Å². The molecule has 2 atom stereocenters. The van der Waals surface area contributed by atoms with Gasteiger partial charge in [0.05, 0.1) is 33.2 Å². The van der Waals surface area contributed by atoms with Crippen molar-refractivity contribution in [3.05, 3.63) is 77.2 Å². The molecule has 6 rings (SSSR count). The minimum atomic E-state index is -0.414. The molecule has 1 amide bonds. The van der Waals surface area contributed by atoms with E-state index < -0.39 is 5.54 Å². The first-order valence-corrected chi connectivity index (χ1v) is 14.6. The molecular formula is C30H35N5O2Si. The monoisotopic (exact) mass is 525 g/mol. The van der Waals surface area contributed by atoms with Crippen LogP contribution in [0.15, 0.2) is 54.9 Å². The van der Waals surface area contributed by atoms with E-state index in [1.165, 1.54) is 6.42 Å². The van der Waals surface area contributed by atoms with Gasteiger partial charge in [0.15, 0.2) is 0 Å². The molecule has 1 N–H and O–H groups in total. The van der Waals surface area contributed by atoms with E-state index in [0.717, 1.165) is 74.2 Å². The van der Waals surface area contributed by atoms with Crippen LogP contribution >= 0.6 is 0 Å². The first-order chi connectivity index (χ1) is 18.2. The molecule has 1 saturated heterocycles. The Morgan fingerprint density at radius 3 is 2.61 bits per heavy atom. The van der Waals surface area contributed by atoms with Gasteiger partial charge in [-0.05, 0) is 93.7 Å². The van der Waals surface area contributed by atoms with Crippen LogP contribution < -0.4 is 10.1 Å². The summed E-state index contributed by atoms with van der Waals surface area (Å²) in [6, 6.07) is 14.9. The molecule has 3 heterocycles.